The van der Waals surface area contributed by atoms with E-state index in [1.54, 1.807) is 0 Å². The molecule has 9 heteroatoms. The molecule has 22 heavy (non-hydrogen) atoms. The molecule has 1 atom stereocenters. The lowest BCUT2D eigenvalue weighted by Crippen LogP contribution is -2.30. The number of furan rings is 1. The molecule has 118 valence electrons. The van der Waals surface area contributed by atoms with Crippen LogP contribution in [0, 0.1) is 11.6 Å². The summed E-state index contributed by atoms with van der Waals surface area (Å²) in [4.78, 5) is 10.1. The highest BCUT2D eigenvalue weighted by Gasteiger charge is 2.27. The molecule has 1 unspecified atom stereocenters. The van der Waals surface area contributed by atoms with Crippen LogP contribution in [0.15, 0.2) is 45.9 Å². The van der Waals surface area contributed by atoms with Gasteiger partial charge in [0.1, 0.15) is 22.3 Å². The summed E-state index contributed by atoms with van der Waals surface area (Å²) >= 11 is 0. The Labute approximate surface area is 124 Å². The third-order valence-electron chi connectivity index (χ3n) is 2.75. The van der Waals surface area contributed by atoms with Crippen LogP contribution in [0.2, 0.25) is 0 Å². The minimum Gasteiger partial charge on any atom is -0.481 e. The normalized spacial score (nSPS) is 13.0. The number of hydrogen-bond acceptors (Lipinski definition) is 4. The molecule has 0 radical (unpaired) electrons. The molecule has 0 aliphatic heterocycles. The number of rotatable bonds is 6. The van der Waals surface area contributed by atoms with Gasteiger partial charge < -0.3 is 9.52 Å². The number of carboxylic acid groups (broad SMARTS) is 1. The number of benzene rings is 1. The van der Waals surface area contributed by atoms with Gasteiger partial charge >= 0.3 is 5.97 Å². The first-order valence-corrected chi connectivity index (χ1v) is 7.50. The van der Waals surface area contributed by atoms with Crippen molar-refractivity contribution in [3.8, 4) is 0 Å². The maximum atomic E-state index is 13.6. The molecule has 0 spiro atoms. The number of nitrogens with one attached hydrogen (secondary N) is 1. The first kappa shape index (κ1) is 16.1. The topological polar surface area (TPSA) is 96.6 Å². The van der Waals surface area contributed by atoms with Crippen LogP contribution in [-0.4, -0.2) is 19.5 Å². The molecule has 0 fully saturated rings. The molecular formula is C13H11F2NO5S. The summed E-state index contributed by atoms with van der Waals surface area (Å²) in [6.45, 7) is 0. The summed E-state index contributed by atoms with van der Waals surface area (Å²) in [5.41, 5.74) is 0. The molecule has 6 nitrogen and oxygen atoms in total. The van der Waals surface area contributed by atoms with Crippen molar-refractivity contribution in [2.45, 2.75) is 17.4 Å². The molecule has 2 rings (SSSR count). The second-order valence-electron chi connectivity index (χ2n) is 4.36. The lowest BCUT2D eigenvalue weighted by molar-refractivity contribution is -0.137. The Morgan fingerprint density at radius 2 is 2.05 bits per heavy atom. The average Bonchev–Trinajstić information content (AvgIpc) is 2.90. The van der Waals surface area contributed by atoms with Gasteiger partial charge in [0.15, 0.2) is 0 Å². The largest absolute Gasteiger partial charge is 0.481 e. The van der Waals surface area contributed by atoms with Crippen LogP contribution in [0.25, 0.3) is 0 Å². The van der Waals surface area contributed by atoms with Crippen LogP contribution in [0.4, 0.5) is 8.78 Å². The van der Waals surface area contributed by atoms with Crippen LogP contribution in [0.3, 0.4) is 0 Å². The van der Waals surface area contributed by atoms with Crippen LogP contribution >= 0.6 is 0 Å². The smallest absolute Gasteiger partial charge is 0.305 e. The molecule has 2 aromatic rings. The zero-order valence-corrected chi connectivity index (χ0v) is 11.8. The number of hydrogen-bond donors (Lipinski definition) is 2. The van der Waals surface area contributed by atoms with Crippen molar-refractivity contribution in [1.82, 2.24) is 4.72 Å². The predicted molar refractivity (Wildman–Crippen MR) is 70.4 cm³/mol. The standard InChI is InChI=1S/C13H11F2NO5S/c14-8-3-4-12(9(15)6-8)22(19,20)16-10(7-13(17)18)11-2-1-5-21-11/h1-6,10,16H,7H2,(H,17,18). The molecule has 1 aromatic heterocycles. The summed E-state index contributed by atoms with van der Waals surface area (Å²) < 4.78 is 57.8. The Hall–Kier alpha value is -2.26. The fourth-order valence-electron chi connectivity index (χ4n) is 1.81. The number of carbonyl (C=O) groups is 1. The van der Waals surface area contributed by atoms with E-state index in [2.05, 4.69) is 0 Å². The van der Waals surface area contributed by atoms with Crippen molar-refractivity contribution in [3.63, 3.8) is 0 Å². The van der Waals surface area contributed by atoms with Gasteiger partial charge in [0, 0.05) is 6.07 Å². The van der Waals surface area contributed by atoms with Crippen LogP contribution < -0.4 is 4.72 Å². The molecule has 0 bridgehead atoms. The average molecular weight is 331 g/mol. The fourth-order valence-corrected chi connectivity index (χ4v) is 3.07. The molecule has 1 heterocycles. The molecule has 0 amide bonds. The summed E-state index contributed by atoms with van der Waals surface area (Å²) in [6.07, 6.45) is 0.645. The number of halogens is 2. The maximum absolute atomic E-state index is 13.6. The van der Waals surface area contributed by atoms with E-state index in [1.807, 2.05) is 4.72 Å². The van der Waals surface area contributed by atoms with Gasteiger partial charge in [-0.25, -0.2) is 17.2 Å². The monoisotopic (exact) mass is 331 g/mol. The number of carboxylic acids is 1. The highest BCUT2D eigenvalue weighted by molar-refractivity contribution is 7.89. The van der Waals surface area contributed by atoms with Gasteiger partial charge in [0.2, 0.25) is 10.0 Å². The number of aliphatic carboxylic acids is 1. The van der Waals surface area contributed by atoms with E-state index >= 15 is 0 Å². The third-order valence-corrected chi connectivity index (χ3v) is 4.25. The molecule has 0 aliphatic carbocycles. The zero-order valence-electron chi connectivity index (χ0n) is 11.0. The molecular weight excluding hydrogens is 320 g/mol. The molecule has 0 saturated carbocycles. The summed E-state index contributed by atoms with van der Waals surface area (Å²) in [5.74, 6) is -3.41. The second-order valence-corrected chi connectivity index (χ2v) is 6.04. The van der Waals surface area contributed by atoms with E-state index in [0.29, 0.717) is 6.07 Å². The van der Waals surface area contributed by atoms with Crippen LogP contribution in [-0.2, 0) is 14.8 Å². The van der Waals surface area contributed by atoms with Crippen molar-refractivity contribution in [3.05, 3.63) is 54.0 Å². The van der Waals surface area contributed by atoms with Crippen LogP contribution in [0.1, 0.15) is 18.2 Å². The Kier molecular flexibility index (Phi) is 4.57. The lowest BCUT2D eigenvalue weighted by Gasteiger charge is -2.15. The van der Waals surface area contributed by atoms with E-state index in [1.165, 1.54) is 18.4 Å². The SMILES string of the molecule is O=C(O)CC(NS(=O)(=O)c1ccc(F)cc1F)c1ccco1. The van der Waals surface area contributed by atoms with Crippen molar-refractivity contribution in [1.29, 1.82) is 0 Å². The minimum atomic E-state index is -4.39. The molecule has 1 aromatic carbocycles. The Morgan fingerprint density at radius 3 is 2.59 bits per heavy atom. The van der Waals surface area contributed by atoms with Gasteiger partial charge in [0.25, 0.3) is 0 Å². The predicted octanol–water partition coefficient (Wildman–Crippen LogP) is 2.05. The van der Waals surface area contributed by atoms with Gasteiger partial charge in [-0.3, -0.25) is 4.79 Å². The molecule has 0 aliphatic rings. The van der Waals surface area contributed by atoms with Gasteiger partial charge in [0.05, 0.1) is 18.7 Å². The highest BCUT2D eigenvalue weighted by atomic mass is 32.2. The number of sulfonamides is 1. The van der Waals surface area contributed by atoms with E-state index < -0.39 is 45.0 Å². The Morgan fingerprint density at radius 1 is 1.32 bits per heavy atom. The van der Waals surface area contributed by atoms with Gasteiger partial charge in [-0.15, -0.1) is 0 Å². The van der Waals surface area contributed by atoms with Crippen molar-refractivity contribution < 1.29 is 31.5 Å². The summed E-state index contributed by atoms with van der Waals surface area (Å²) in [5, 5.41) is 8.84. The van der Waals surface area contributed by atoms with E-state index in [-0.39, 0.29) is 5.76 Å². The van der Waals surface area contributed by atoms with Gasteiger partial charge in [-0.2, -0.15) is 4.72 Å². The Bertz CT molecular complexity index is 774. The van der Waals surface area contributed by atoms with Crippen LogP contribution in [0.5, 0.6) is 0 Å². The lowest BCUT2D eigenvalue weighted by atomic mass is 10.2. The minimum absolute atomic E-state index is 0.0634. The van der Waals surface area contributed by atoms with Crippen molar-refractivity contribution in [2.75, 3.05) is 0 Å². The van der Waals surface area contributed by atoms with Crippen molar-refractivity contribution >= 4 is 16.0 Å². The zero-order chi connectivity index (χ0) is 16.3. The third kappa shape index (κ3) is 3.68. The second kappa shape index (κ2) is 6.24. The first-order chi connectivity index (χ1) is 10.3. The quantitative estimate of drug-likeness (QED) is 0.844. The fraction of sp³-hybridized carbons (Fsp3) is 0.154. The van der Waals surface area contributed by atoms with E-state index in [0.717, 1.165) is 12.1 Å². The van der Waals surface area contributed by atoms with Gasteiger partial charge in [-0.05, 0) is 24.3 Å². The maximum Gasteiger partial charge on any atom is 0.305 e. The molecule has 0 saturated heterocycles. The molecule has 2 N–H and O–H groups in total. The first-order valence-electron chi connectivity index (χ1n) is 6.02. The Balaban J connectivity index is 2.33. The summed E-state index contributed by atoms with van der Waals surface area (Å²) in [7, 11) is -4.39. The van der Waals surface area contributed by atoms with Gasteiger partial charge in [-0.1, -0.05) is 0 Å². The highest BCUT2D eigenvalue weighted by Crippen LogP contribution is 2.22. The van der Waals surface area contributed by atoms with E-state index in [9.17, 15) is 22.0 Å². The summed E-state index contributed by atoms with van der Waals surface area (Å²) in [6, 6.07) is 3.59. The van der Waals surface area contributed by atoms with Crippen molar-refractivity contribution in [2.24, 2.45) is 0 Å². The van der Waals surface area contributed by atoms with E-state index in [4.69, 9.17) is 9.52 Å².